The average molecular weight is 159 g/mol. The Morgan fingerprint density at radius 3 is 2.56 bits per heavy atom. The number of nitrogens with two attached hydrogens (primary N) is 1. The minimum Gasteiger partial charge on any atom is -0.366 e. The number of primary amides is 1. The van der Waals surface area contributed by atoms with E-state index in [2.05, 4.69) is 0 Å². The van der Waals surface area contributed by atoms with Crippen molar-refractivity contribution in [2.24, 2.45) is 5.73 Å². The maximum absolute atomic E-state index is 10.2. The molecule has 1 aliphatic heterocycles. The first-order valence-corrected chi connectivity index (χ1v) is 4.04. The van der Waals surface area contributed by atoms with Gasteiger partial charge in [0.2, 0.25) is 5.91 Å². The van der Waals surface area contributed by atoms with Crippen LogP contribution < -0.4 is 5.73 Å². The van der Waals surface area contributed by atoms with E-state index in [1.54, 1.807) is 0 Å². The molecule has 0 radical (unpaired) electrons. The Balaban J connectivity index is 2.53. The summed E-state index contributed by atoms with van der Waals surface area (Å²) in [5.41, 5.74) is 4.90. The van der Waals surface area contributed by atoms with Gasteiger partial charge in [0.1, 0.15) is 0 Å². The fourth-order valence-corrected chi connectivity index (χ4v) is 2.04. The van der Waals surface area contributed by atoms with Crippen molar-refractivity contribution in [3.63, 3.8) is 0 Å². The highest BCUT2D eigenvalue weighted by atomic mass is 32.2. The lowest BCUT2D eigenvalue weighted by molar-refractivity contribution is -0.113. The lowest BCUT2D eigenvalue weighted by Crippen LogP contribution is -2.05. The van der Waals surface area contributed by atoms with Crippen LogP contribution in [0.2, 0.25) is 0 Å². The molecule has 0 aliphatic carbocycles. The zero-order valence-corrected chi connectivity index (χ0v) is 6.17. The van der Waals surface area contributed by atoms with Crippen LogP contribution in [0, 0.1) is 0 Å². The summed E-state index contributed by atoms with van der Waals surface area (Å²) in [5.74, 6) is -0.381. The molecule has 0 fully saturated rings. The predicted octanol–water partition coefficient (Wildman–Crippen LogP) is 1.26. The van der Waals surface area contributed by atoms with Gasteiger partial charge in [-0.15, -0.1) is 0 Å². The van der Waals surface area contributed by atoms with Crippen LogP contribution in [0.25, 0.3) is 0 Å². The van der Waals surface area contributed by atoms with Gasteiger partial charge in [0, 0.05) is 6.08 Å². The van der Waals surface area contributed by atoms with E-state index < -0.39 is 0 Å². The van der Waals surface area contributed by atoms with Gasteiger partial charge in [-0.3, -0.25) is 4.79 Å². The van der Waals surface area contributed by atoms with E-state index >= 15 is 0 Å². The van der Waals surface area contributed by atoms with E-state index in [0.717, 1.165) is 4.24 Å². The summed E-state index contributed by atoms with van der Waals surface area (Å²) in [6.45, 7) is 0. The second kappa shape index (κ2) is 2.98. The Hall–Kier alpha value is -0.350. The van der Waals surface area contributed by atoms with Gasteiger partial charge in [0.15, 0.2) is 0 Å². The topological polar surface area (TPSA) is 43.1 Å². The van der Waals surface area contributed by atoms with Crippen molar-refractivity contribution in [3.8, 4) is 0 Å². The van der Waals surface area contributed by atoms with Crippen molar-refractivity contribution in [3.05, 3.63) is 21.1 Å². The maximum Gasteiger partial charge on any atom is 0.243 e. The molecule has 2 N–H and O–H groups in total. The van der Waals surface area contributed by atoms with Gasteiger partial charge in [-0.25, -0.2) is 0 Å². The minimum absolute atomic E-state index is 0.381. The molecule has 0 aromatic carbocycles. The second-order valence-electron chi connectivity index (χ2n) is 1.37. The summed E-state index contributed by atoms with van der Waals surface area (Å²) in [7, 11) is 0. The van der Waals surface area contributed by atoms with Crippen molar-refractivity contribution in [2.75, 3.05) is 0 Å². The predicted molar refractivity (Wildman–Crippen MR) is 41.6 cm³/mol. The van der Waals surface area contributed by atoms with Crippen LogP contribution in [0.5, 0.6) is 0 Å². The highest BCUT2D eigenvalue weighted by Gasteiger charge is 2.01. The molecule has 4 heteroatoms. The molecule has 0 atom stereocenters. The van der Waals surface area contributed by atoms with Crippen LogP contribution in [0.4, 0.5) is 0 Å². The number of hydrogen-bond acceptors (Lipinski definition) is 3. The summed E-state index contributed by atoms with van der Waals surface area (Å²) in [6, 6.07) is 0. The molecule has 0 saturated heterocycles. The number of hydrogen-bond donors (Lipinski definition) is 1. The molecular weight excluding hydrogens is 154 g/mol. The lowest BCUT2D eigenvalue weighted by atomic mass is 10.6. The Labute approximate surface area is 61.6 Å². The lowest BCUT2D eigenvalue weighted by Gasteiger charge is -1.87. The van der Waals surface area contributed by atoms with Crippen molar-refractivity contribution in [2.45, 2.75) is 0 Å². The molecule has 9 heavy (non-hydrogen) atoms. The highest BCUT2D eigenvalue weighted by molar-refractivity contribution is 8.27. The van der Waals surface area contributed by atoms with Crippen LogP contribution in [0.15, 0.2) is 21.1 Å². The van der Waals surface area contributed by atoms with Crippen molar-refractivity contribution >= 4 is 29.4 Å². The molecule has 1 amide bonds. The molecule has 0 saturated carbocycles. The van der Waals surface area contributed by atoms with Gasteiger partial charge in [-0.2, -0.15) is 0 Å². The van der Waals surface area contributed by atoms with Gasteiger partial charge in [-0.1, -0.05) is 23.5 Å². The highest BCUT2D eigenvalue weighted by Crippen LogP contribution is 2.36. The number of rotatable bonds is 1. The van der Waals surface area contributed by atoms with E-state index in [1.807, 2.05) is 10.8 Å². The smallest absolute Gasteiger partial charge is 0.243 e. The summed E-state index contributed by atoms with van der Waals surface area (Å²) >= 11 is 3.03. The fraction of sp³-hybridized carbons (Fsp3) is 0. The number of amides is 1. The first kappa shape index (κ1) is 6.77. The van der Waals surface area contributed by atoms with Crippen molar-refractivity contribution in [1.82, 2.24) is 0 Å². The maximum atomic E-state index is 10.2. The third-order valence-corrected chi connectivity index (χ3v) is 2.68. The first-order chi connectivity index (χ1) is 4.29. The van der Waals surface area contributed by atoms with Crippen LogP contribution in [-0.4, -0.2) is 5.91 Å². The van der Waals surface area contributed by atoms with Crippen molar-refractivity contribution in [1.29, 1.82) is 0 Å². The van der Waals surface area contributed by atoms with Gasteiger partial charge in [0.25, 0.3) is 0 Å². The van der Waals surface area contributed by atoms with E-state index in [1.165, 1.54) is 29.6 Å². The van der Waals surface area contributed by atoms with Gasteiger partial charge >= 0.3 is 0 Å². The molecule has 2 nitrogen and oxygen atoms in total. The van der Waals surface area contributed by atoms with Crippen LogP contribution >= 0.6 is 23.5 Å². The molecule has 1 rings (SSSR count). The molecule has 0 spiro atoms. The Morgan fingerprint density at radius 2 is 2.11 bits per heavy atom. The zero-order valence-electron chi connectivity index (χ0n) is 4.53. The van der Waals surface area contributed by atoms with Crippen LogP contribution in [0.1, 0.15) is 0 Å². The Bertz CT molecular complexity index is 175. The largest absolute Gasteiger partial charge is 0.366 e. The standard InChI is InChI=1S/C5H5NOS2/c6-4(7)3-5-8-1-2-9-5/h1-3H,(H2,6,7). The third-order valence-electron chi connectivity index (χ3n) is 0.684. The summed E-state index contributed by atoms with van der Waals surface area (Å²) in [6.07, 6.45) is 1.43. The summed E-state index contributed by atoms with van der Waals surface area (Å²) < 4.78 is 0.947. The van der Waals surface area contributed by atoms with E-state index in [9.17, 15) is 4.79 Å². The SMILES string of the molecule is NC(=O)C=C1SC=CS1. The molecule has 1 aliphatic rings. The van der Waals surface area contributed by atoms with Crippen LogP contribution in [-0.2, 0) is 4.79 Å². The summed E-state index contributed by atoms with van der Waals surface area (Å²) in [4.78, 5) is 10.2. The quantitative estimate of drug-likeness (QED) is 0.586. The van der Waals surface area contributed by atoms with Crippen molar-refractivity contribution < 1.29 is 4.79 Å². The molecule has 1 heterocycles. The fourth-order valence-electron chi connectivity index (χ4n) is 0.402. The number of carbonyl (C=O) groups is 1. The van der Waals surface area contributed by atoms with Gasteiger partial charge in [0.05, 0.1) is 4.24 Å². The molecule has 48 valence electrons. The van der Waals surface area contributed by atoms with E-state index in [4.69, 9.17) is 5.73 Å². The Morgan fingerprint density at radius 1 is 1.56 bits per heavy atom. The first-order valence-electron chi connectivity index (χ1n) is 2.28. The molecule has 0 aromatic rings. The average Bonchev–Trinajstić information content (AvgIpc) is 2.15. The molecular formula is C5H5NOS2. The minimum atomic E-state index is -0.381. The third kappa shape index (κ3) is 2.15. The van der Waals surface area contributed by atoms with Crippen LogP contribution in [0.3, 0.4) is 0 Å². The van der Waals surface area contributed by atoms with Gasteiger partial charge < -0.3 is 5.73 Å². The molecule has 0 bridgehead atoms. The second-order valence-corrected chi connectivity index (χ2v) is 3.53. The molecule has 0 unspecified atom stereocenters. The normalized spacial score (nSPS) is 16.2. The van der Waals surface area contributed by atoms with Gasteiger partial charge in [-0.05, 0) is 10.8 Å². The monoisotopic (exact) mass is 159 g/mol. The van der Waals surface area contributed by atoms with E-state index in [-0.39, 0.29) is 5.91 Å². The van der Waals surface area contributed by atoms with E-state index in [0.29, 0.717) is 0 Å². The Kier molecular flexibility index (Phi) is 2.24. The number of carbonyl (C=O) groups excluding carboxylic acids is 1. The summed E-state index contributed by atoms with van der Waals surface area (Å²) in [5, 5.41) is 3.83. The number of thioether (sulfide) groups is 2. The zero-order chi connectivity index (χ0) is 6.69. The molecule has 0 aromatic heterocycles.